The zero-order valence-corrected chi connectivity index (χ0v) is 8.45. The predicted octanol–water partition coefficient (Wildman–Crippen LogP) is 0.463. The van der Waals surface area contributed by atoms with Crippen LogP contribution in [-0.2, 0) is 17.3 Å². The fourth-order valence-electron chi connectivity index (χ4n) is 0.964. The average molecular weight is 200 g/mol. The lowest BCUT2D eigenvalue weighted by Gasteiger charge is -2.09. The van der Waals surface area contributed by atoms with Gasteiger partial charge in [0.15, 0.2) is 6.29 Å². The molecule has 5 heteroatoms. The second kappa shape index (κ2) is 4.32. The highest BCUT2D eigenvalue weighted by atomic mass is 32.2. The Labute approximate surface area is 79.4 Å². The predicted molar refractivity (Wildman–Crippen MR) is 51.1 cm³/mol. The minimum Gasteiger partial charge on any atom is -0.327 e. The quantitative estimate of drug-likeness (QED) is 0.664. The van der Waals surface area contributed by atoms with E-state index >= 15 is 0 Å². The van der Waals surface area contributed by atoms with Crippen LogP contribution in [0.4, 0.5) is 0 Å². The number of nitrogens with zero attached hydrogens (tertiary/aromatic N) is 2. The van der Waals surface area contributed by atoms with E-state index in [1.54, 1.807) is 17.2 Å². The van der Waals surface area contributed by atoms with Crippen LogP contribution in [0.1, 0.15) is 17.4 Å². The van der Waals surface area contributed by atoms with Crippen molar-refractivity contribution >= 4 is 17.1 Å². The van der Waals surface area contributed by atoms with E-state index in [4.69, 9.17) is 0 Å². The molecule has 0 aliphatic rings. The molecule has 0 aliphatic heterocycles. The Hall–Kier alpha value is -0.970. The standard InChI is InChI=1S/C8H12N2O2S/c1-7(13(2)12)4-10-6-9-3-8(10)5-11/h3,5-7H,4H2,1-2H3. The van der Waals surface area contributed by atoms with Gasteiger partial charge in [-0.1, -0.05) is 0 Å². The first kappa shape index (κ1) is 10.1. The zero-order valence-electron chi connectivity index (χ0n) is 7.64. The van der Waals surface area contributed by atoms with Crippen molar-refractivity contribution in [3.05, 3.63) is 18.2 Å². The highest BCUT2D eigenvalue weighted by Gasteiger charge is 2.09. The van der Waals surface area contributed by atoms with Crippen molar-refractivity contribution in [1.29, 1.82) is 0 Å². The van der Waals surface area contributed by atoms with Crippen LogP contribution in [0.25, 0.3) is 0 Å². The molecule has 0 spiro atoms. The summed E-state index contributed by atoms with van der Waals surface area (Å²) in [6, 6.07) is 0. The van der Waals surface area contributed by atoms with Crippen molar-refractivity contribution in [2.24, 2.45) is 0 Å². The Bertz CT molecular complexity index is 322. The highest BCUT2D eigenvalue weighted by Crippen LogP contribution is 2.01. The maximum atomic E-state index is 11.1. The van der Waals surface area contributed by atoms with Gasteiger partial charge in [0.1, 0.15) is 5.69 Å². The summed E-state index contributed by atoms with van der Waals surface area (Å²) < 4.78 is 12.8. The van der Waals surface area contributed by atoms with Gasteiger partial charge in [0.2, 0.25) is 0 Å². The Kier molecular flexibility index (Phi) is 3.36. The van der Waals surface area contributed by atoms with Gasteiger partial charge in [-0.3, -0.25) is 9.00 Å². The molecule has 1 aromatic rings. The highest BCUT2D eigenvalue weighted by molar-refractivity contribution is 7.84. The van der Waals surface area contributed by atoms with Crippen molar-refractivity contribution < 1.29 is 9.00 Å². The molecule has 1 aromatic heterocycles. The van der Waals surface area contributed by atoms with E-state index in [0.717, 1.165) is 6.29 Å². The second-order valence-electron chi connectivity index (χ2n) is 2.90. The van der Waals surface area contributed by atoms with Gasteiger partial charge in [-0.05, 0) is 6.92 Å². The van der Waals surface area contributed by atoms with Crippen LogP contribution in [0.3, 0.4) is 0 Å². The van der Waals surface area contributed by atoms with Gasteiger partial charge >= 0.3 is 0 Å². The molecule has 0 aliphatic carbocycles. The number of aromatic nitrogens is 2. The average Bonchev–Trinajstić information content (AvgIpc) is 2.51. The van der Waals surface area contributed by atoms with E-state index in [1.807, 2.05) is 6.92 Å². The fraction of sp³-hybridized carbons (Fsp3) is 0.500. The van der Waals surface area contributed by atoms with Gasteiger partial charge < -0.3 is 4.57 Å². The summed E-state index contributed by atoms with van der Waals surface area (Å²) in [7, 11) is -0.870. The van der Waals surface area contributed by atoms with Crippen molar-refractivity contribution in [1.82, 2.24) is 9.55 Å². The molecule has 0 amide bonds. The van der Waals surface area contributed by atoms with Gasteiger partial charge in [-0.2, -0.15) is 0 Å². The van der Waals surface area contributed by atoms with Crippen molar-refractivity contribution in [2.75, 3.05) is 6.26 Å². The van der Waals surface area contributed by atoms with Crippen molar-refractivity contribution in [3.8, 4) is 0 Å². The molecule has 1 heterocycles. The molecule has 0 saturated carbocycles. The van der Waals surface area contributed by atoms with Crippen LogP contribution in [-0.4, -0.2) is 31.6 Å². The second-order valence-corrected chi connectivity index (χ2v) is 4.70. The minimum absolute atomic E-state index is 0.0351. The summed E-state index contributed by atoms with van der Waals surface area (Å²) >= 11 is 0. The SMILES string of the molecule is CC(Cn1cncc1C=O)S(C)=O. The molecule has 2 atom stereocenters. The first-order valence-corrected chi connectivity index (χ1v) is 5.54. The van der Waals surface area contributed by atoms with Gasteiger partial charge in [0.05, 0.1) is 12.5 Å². The van der Waals surface area contributed by atoms with Crippen LogP contribution in [0.15, 0.2) is 12.5 Å². The van der Waals surface area contributed by atoms with Gasteiger partial charge in [0.25, 0.3) is 0 Å². The third kappa shape index (κ3) is 2.48. The number of rotatable bonds is 4. The molecule has 4 nitrogen and oxygen atoms in total. The topological polar surface area (TPSA) is 52.0 Å². The molecule has 0 N–H and O–H groups in total. The first-order valence-electron chi connectivity index (χ1n) is 3.92. The Balaban J connectivity index is 2.73. The lowest BCUT2D eigenvalue weighted by atomic mass is 10.4. The van der Waals surface area contributed by atoms with Gasteiger partial charge in [0, 0.05) is 28.9 Å². The summed E-state index contributed by atoms with van der Waals surface area (Å²) in [6.07, 6.45) is 5.48. The summed E-state index contributed by atoms with van der Waals surface area (Å²) in [5, 5.41) is 0.0351. The van der Waals surface area contributed by atoms with Crippen molar-refractivity contribution in [2.45, 2.75) is 18.7 Å². The molecule has 0 bridgehead atoms. The summed E-state index contributed by atoms with van der Waals surface area (Å²) in [4.78, 5) is 14.3. The molecule has 0 radical (unpaired) electrons. The number of carbonyl (C=O) groups excluding carboxylic acids is 1. The molecule has 1 rings (SSSR count). The maximum Gasteiger partial charge on any atom is 0.168 e. The van der Waals surface area contributed by atoms with Crippen molar-refractivity contribution in [3.63, 3.8) is 0 Å². The van der Waals surface area contributed by atoms with E-state index in [1.165, 1.54) is 6.20 Å². The summed E-state index contributed by atoms with van der Waals surface area (Å²) in [5.41, 5.74) is 0.525. The van der Waals surface area contributed by atoms with Crippen LogP contribution >= 0.6 is 0 Å². The van der Waals surface area contributed by atoms with E-state index in [-0.39, 0.29) is 5.25 Å². The normalized spacial score (nSPS) is 15.2. The number of aldehydes is 1. The number of hydrogen-bond acceptors (Lipinski definition) is 3. The smallest absolute Gasteiger partial charge is 0.168 e. The molecular formula is C8H12N2O2S. The Morgan fingerprint density at radius 3 is 3.00 bits per heavy atom. The molecule has 2 unspecified atom stereocenters. The Morgan fingerprint density at radius 1 is 1.77 bits per heavy atom. The third-order valence-corrected chi connectivity index (χ3v) is 3.17. The lowest BCUT2D eigenvalue weighted by Crippen LogP contribution is -2.18. The summed E-state index contributed by atoms with van der Waals surface area (Å²) in [5.74, 6) is 0. The van der Waals surface area contributed by atoms with Gasteiger partial charge in [-0.25, -0.2) is 4.98 Å². The molecular weight excluding hydrogens is 188 g/mol. The number of hydrogen-bond donors (Lipinski definition) is 0. The monoisotopic (exact) mass is 200 g/mol. The molecule has 72 valence electrons. The van der Waals surface area contributed by atoms with Gasteiger partial charge in [-0.15, -0.1) is 0 Å². The van der Waals surface area contributed by atoms with E-state index in [9.17, 15) is 9.00 Å². The number of imidazole rings is 1. The maximum absolute atomic E-state index is 11.1. The molecule has 0 aromatic carbocycles. The van der Waals surface area contributed by atoms with Crippen LogP contribution in [0, 0.1) is 0 Å². The number of carbonyl (C=O) groups is 1. The third-order valence-electron chi connectivity index (χ3n) is 1.89. The minimum atomic E-state index is -0.870. The van der Waals surface area contributed by atoms with Crippen LogP contribution < -0.4 is 0 Å². The first-order chi connectivity index (χ1) is 6.15. The van der Waals surface area contributed by atoms with E-state index in [2.05, 4.69) is 4.98 Å². The largest absolute Gasteiger partial charge is 0.327 e. The Morgan fingerprint density at radius 2 is 2.46 bits per heavy atom. The van der Waals surface area contributed by atoms with Crippen LogP contribution in [0.2, 0.25) is 0 Å². The summed E-state index contributed by atoms with van der Waals surface area (Å²) in [6.45, 7) is 2.45. The molecule has 0 saturated heterocycles. The lowest BCUT2D eigenvalue weighted by molar-refractivity contribution is 0.111. The fourth-order valence-corrected chi connectivity index (χ4v) is 1.33. The molecule has 0 fully saturated rings. The molecule has 13 heavy (non-hydrogen) atoms. The van der Waals surface area contributed by atoms with E-state index in [0.29, 0.717) is 12.2 Å². The zero-order chi connectivity index (χ0) is 9.84. The van der Waals surface area contributed by atoms with E-state index < -0.39 is 10.8 Å². The van der Waals surface area contributed by atoms with Crippen LogP contribution in [0.5, 0.6) is 0 Å².